The lowest BCUT2D eigenvalue weighted by atomic mass is 10.1. The van der Waals surface area contributed by atoms with Gasteiger partial charge in [0.25, 0.3) is 0 Å². The molecule has 1 unspecified atom stereocenters. The number of halogens is 1. The van der Waals surface area contributed by atoms with Gasteiger partial charge in [0.15, 0.2) is 5.96 Å². The van der Waals surface area contributed by atoms with Gasteiger partial charge < -0.3 is 19.9 Å². The summed E-state index contributed by atoms with van der Waals surface area (Å²) in [6, 6.07) is 4.82. The number of aromatic nitrogens is 3. The number of rotatable bonds is 4. The van der Waals surface area contributed by atoms with Crippen molar-refractivity contribution >= 4 is 16.9 Å². The van der Waals surface area contributed by atoms with E-state index in [0.717, 1.165) is 47.5 Å². The Labute approximate surface area is 163 Å². The smallest absolute Gasteiger partial charge is 0.193 e. The van der Waals surface area contributed by atoms with Crippen LogP contribution >= 0.6 is 0 Å². The number of hydrogen-bond donors (Lipinski definition) is 2. The van der Waals surface area contributed by atoms with Crippen LogP contribution in [-0.4, -0.2) is 58.9 Å². The first-order valence-electron chi connectivity index (χ1n) is 9.45. The van der Waals surface area contributed by atoms with Crippen LogP contribution in [0.2, 0.25) is 0 Å². The van der Waals surface area contributed by atoms with E-state index >= 15 is 0 Å². The van der Waals surface area contributed by atoms with E-state index in [1.165, 1.54) is 6.07 Å². The SMILES string of the molecule is CN=C(NCCc1c[nH]c2ccc(F)cc12)N1CCOC(c2cnn(C)c2)C1. The predicted octanol–water partition coefficient (Wildman–Crippen LogP) is 2.23. The molecule has 0 amide bonds. The predicted molar refractivity (Wildman–Crippen MR) is 107 cm³/mol. The number of nitrogens with one attached hydrogen (secondary N) is 2. The van der Waals surface area contributed by atoms with Crippen molar-refractivity contribution in [3.05, 3.63) is 53.7 Å². The van der Waals surface area contributed by atoms with Gasteiger partial charge in [0, 0.05) is 56.0 Å². The molecule has 3 aromatic rings. The molecule has 1 saturated heterocycles. The van der Waals surface area contributed by atoms with E-state index < -0.39 is 0 Å². The van der Waals surface area contributed by atoms with Gasteiger partial charge in [0.1, 0.15) is 11.9 Å². The molecule has 0 radical (unpaired) electrons. The minimum atomic E-state index is -0.216. The lowest BCUT2D eigenvalue weighted by molar-refractivity contribution is -0.00800. The van der Waals surface area contributed by atoms with Crippen LogP contribution in [0.3, 0.4) is 0 Å². The molecule has 1 atom stereocenters. The number of ether oxygens (including phenoxy) is 1. The Kier molecular flexibility index (Phi) is 5.29. The minimum absolute atomic E-state index is 0.0161. The van der Waals surface area contributed by atoms with Crippen LogP contribution in [0, 0.1) is 5.82 Å². The Bertz CT molecular complexity index is 978. The Morgan fingerprint density at radius 3 is 3.14 bits per heavy atom. The van der Waals surface area contributed by atoms with E-state index in [4.69, 9.17) is 4.74 Å². The third-order valence-electron chi connectivity index (χ3n) is 5.08. The van der Waals surface area contributed by atoms with Crippen molar-refractivity contribution in [1.29, 1.82) is 0 Å². The Morgan fingerprint density at radius 1 is 1.46 bits per heavy atom. The van der Waals surface area contributed by atoms with E-state index in [2.05, 4.69) is 25.3 Å². The second-order valence-corrected chi connectivity index (χ2v) is 6.98. The first-order chi connectivity index (χ1) is 13.6. The summed E-state index contributed by atoms with van der Waals surface area (Å²) in [5.74, 6) is 0.634. The van der Waals surface area contributed by atoms with Gasteiger partial charge in [0.05, 0.1) is 19.3 Å². The molecule has 0 aliphatic carbocycles. The molecule has 8 heteroatoms. The summed E-state index contributed by atoms with van der Waals surface area (Å²) in [6.45, 7) is 2.87. The van der Waals surface area contributed by atoms with Crippen LogP contribution in [0.1, 0.15) is 17.2 Å². The average molecular weight is 384 g/mol. The molecule has 0 spiro atoms. The fraction of sp³-hybridized carbons (Fsp3) is 0.400. The highest BCUT2D eigenvalue weighted by molar-refractivity contribution is 5.83. The van der Waals surface area contributed by atoms with Crippen molar-refractivity contribution in [2.45, 2.75) is 12.5 Å². The first kappa shape index (κ1) is 18.5. The molecule has 1 aromatic carbocycles. The number of benzene rings is 1. The molecule has 1 aliphatic heterocycles. The molecule has 28 heavy (non-hydrogen) atoms. The molecule has 1 aliphatic rings. The molecular formula is C20H25FN6O. The summed E-state index contributed by atoms with van der Waals surface area (Å²) in [5.41, 5.74) is 3.12. The minimum Gasteiger partial charge on any atom is -0.370 e. The fourth-order valence-corrected chi connectivity index (χ4v) is 3.65. The number of aryl methyl sites for hydroxylation is 1. The Morgan fingerprint density at radius 2 is 2.36 bits per heavy atom. The van der Waals surface area contributed by atoms with Crippen molar-refractivity contribution < 1.29 is 9.13 Å². The van der Waals surface area contributed by atoms with E-state index in [9.17, 15) is 4.39 Å². The number of aromatic amines is 1. The van der Waals surface area contributed by atoms with Gasteiger partial charge in [-0.2, -0.15) is 5.10 Å². The highest BCUT2D eigenvalue weighted by Crippen LogP contribution is 2.22. The van der Waals surface area contributed by atoms with Gasteiger partial charge in [0.2, 0.25) is 0 Å². The van der Waals surface area contributed by atoms with Gasteiger partial charge in [-0.25, -0.2) is 4.39 Å². The topological polar surface area (TPSA) is 70.5 Å². The number of fused-ring (bicyclic) bond motifs is 1. The molecular weight excluding hydrogens is 359 g/mol. The lowest BCUT2D eigenvalue weighted by Crippen LogP contribution is -2.48. The second-order valence-electron chi connectivity index (χ2n) is 6.98. The molecule has 0 saturated carbocycles. The van der Waals surface area contributed by atoms with Gasteiger partial charge in [-0.1, -0.05) is 0 Å². The molecule has 4 rings (SSSR count). The van der Waals surface area contributed by atoms with Crippen molar-refractivity contribution in [2.75, 3.05) is 33.3 Å². The van der Waals surface area contributed by atoms with Crippen LogP contribution in [-0.2, 0) is 18.2 Å². The molecule has 1 fully saturated rings. The number of morpholine rings is 1. The first-order valence-corrected chi connectivity index (χ1v) is 9.45. The summed E-state index contributed by atoms with van der Waals surface area (Å²) in [7, 11) is 3.69. The van der Waals surface area contributed by atoms with Crippen molar-refractivity contribution in [2.24, 2.45) is 12.0 Å². The van der Waals surface area contributed by atoms with Gasteiger partial charge >= 0.3 is 0 Å². The Balaban J connectivity index is 1.37. The average Bonchev–Trinajstić information content (AvgIpc) is 3.31. The standard InChI is InChI=1S/C20H25FN6O/c1-22-20(27-7-8-28-19(13-27)15-11-25-26(2)12-15)23-6-5-14-10-24-18-4-3-16(21)9-17(14)18/h3-4,9-12,19,24H,5-8,13H2,1-2H3,(H,22,23). The number of H-pyrrole nitrogens is 1. The Hall–Kier alpha value is -2.87. The van der Waals surface area contributed by atoms with E-state index in [1.807, 2.05) is 25.6 Å². The quantitative estimate of drug-likeness (QED) is 0.535. The summed E-state index contributed by atoms with van der Waals surface area (Å²) in [6.07, 6.45) is 6.54. The van der Waals surface area contributed by atoms with Gasteiger partial charge in [-0.15, -0.1) is 0 Å². The summed E-state index contributed by atoms with van der Waals surface area (Å²) in [5, 5.41) is 8.59. The molecule has 148 valence electrons. The highest BCUT2D eigenvalue weighted by atomic mass is 19.1. The molecule has 2 N–H and O–H groups in total. The second kappa shape index (κ2) is 8.02. The number of nitrogens with zero attached hydrogens (tertiary/aromatic N) is 4. The van der Waals surface area contributed by atoms with Crippen LogP contribution in [0.25, 0.3) is 10.9 Å². The summed E-state index contributed by atoms with van der Waals surface area (Å²) in [4.78, 5) is 9.83. The number of hydrogen-bond acceptors (Lipinski definition) is 3. The third kappa shape index (κ3) is 3.87. The molecule has 3 heterocycles. The van der Waals surface area contributed by atoms with Gasteiger partial charge in [-0.3, -0.25) is 9.67 Å². The van der Waals surface area contributed by atoms with E-state index in [-0.39, 0.29) is 11.9 Å². The van der Waals surface area contributed by atoms with Crippen molar-refractivity contribution in [3.63, 3.8) is 0 Å². The molecule has 7 nitrogen and oxygen atoms in total. The lowest BCUT2D eigenvalue weighted by Gasteiger charge is -2.34. The largest absolute Gasteiger partial charge is 0.370 e. The highest BCUT2D eigenvalue weighted by Gasteiger charge is 2.25. The maximum atomic E-state index is 13.5. The zero-order chi connectivity index (χ0) is 19.5. The summed E-state index contributed by atoms with van der Waals surface area (Å²) < 4.78 is 21.2. The van der Waals surface area contributed by atoms with E-state index in [0.29, 0.717) is 13.2 Å². The van der Waals surface area contributed by atoms with Crippen LogP contribution in [0.5, 0.6) is 0 Å². The zero-order valence-corrected chi connectivity index (χ0v) is 16.2. The normalized spacial score (nSPS) is 18.0. The van der Waals surface area contributed by atoms with Crippen LogP contribution in [0.15, 0.2) is 41.8 Å². The molecule has 0 bridgehead atoms. The number of guanidine groups is 1. The molecule has 2 aromatic heterocycles. The maximum absolute atomic E-state index is 13.5. The van der Waals surface area contributed by atoms with Crippen molar-refractivity contribution in [3.8, 4) is 0 Å². The summed E-state index contributed by atoms with van der Waals surface area (Å²) >= 11 is 0. The third-order valence-corrected chi connectivity index (χ3v) is 5.08. The van der Waals surface area contributed by atoms with Crippen LogP contribution < -0.4 is 5.32 Å². The fourth-order valence-electron chi connectivity index (χ4n) is 3.65. The van der Waals surface area contributed by atoms with Crippen LogP contribution in [0.4, 0.5) is 4.39 Å². The van der Waals surface area contributed by atoms with E-state index in [1.54, 1.807) is 23.9 Å². The number of aliphatic imine (C=N–C) groups is 1. The monoisotopic (exact) mass is 384 g/mol. The van der Waals surface area contributed by atoms with Crippen molar-refractivity contribution in [1.82, 2.24) is 25.0 Å². The van der Waals surface area contributed by atoms with Gasteiger partial charge in [-0.05, 0) is 30.2 Å². The maximum Gasteiger partial charge on any atom is 0.193 e. The zero-order valence-electron chi connectivity index (χ0n) is 16.2.